The van der Waals surface area contributed by atoms with Crippen LogP contribution in [0, 0.1) is 0 Å². The maximum absolute atomic E-state index is 9.97. The van der Waals surface area contributed by atoms with Crippen molar-refractivity contribution in [2.75, 3.05) is 0 Å². The lowest BCUT2D eigenvalue weighted by Gasteiger charge is -2.29. The first-order valence-corrected chi connectivity index (χ1v) is 14.7. The van der Waals surface area contributed by atoms with E-state index in [1.165, 1.54) is 0 Å². The van der Waals surface area contributed by atoms with E-state index in [0.29, 0.717) is 11.3 Å². The van der Waals surface area contributed by atoms with Crippen molar-refractivity contribution in [2.45, 2.75) is 18.2 Å². The van der Waals surface area contributed by atoms with Gasteiger partial charge in [-0.25, -0.2) is 0 Å². The second-order valence-electron chi connectivity index (χ2n) is 10.6. The van der Waals surface area contributed by atoms with Crippen molar-refractivity contribution in [1.29, 1.82) is 0 Å². The van der Waals surface area contributed by atoms with Gasteiger partial charge in [-0.15, -0.1) is 11.3 Å². The number of hydrogen-bond donors (Lipinski definition) is 0. The number of fused-ring (bicyclic) bond motifs is 9. The van der Waals surface area contributed by atoms with Crippen molar-refractivity contribution in [3.63, 3.8) is 0 Å². The summed E-state index contributed by atoms with van der Waals surface area (Å²) in [7, 11) is 0. The van der Waals surface area contributed by atoms with Crippen LogP contribution in [0.25, 0.3) is 53.2 Å². The molecule has 0 spiro atoms. The summed E-state index contributed by atoms with van der Waals surface area (Å²) in [5, 5.41) is -2.12. The van der Waals surface area contributed by atoms with Crippen LogP contribution in [0.4, 0.5) is 0 Å². The van der Waals surface area contributed by atoms with E-state index < -0.39 is 262 Å². The number of thiophene rings is 1. The fraction of sp³-hybridized carbons (Fsp3) is 0.0667. The Morgan fingerprint density at radius 3 is 1.96 bits per heavy atom. The van der Waals surface area contributed by atoms with Gasteiger partial charge in [0.2, 0.25) is 0 Å². The van der Waals surface area contributed by atoms with E-state index >= 15 is 0 Å². The molecule has 47 heavy (non-hydrogen) atoms. The fourth-order valence-electron chi connectivity index (χ4n) is 6.12. The van der Waals surface area contributed by atoms with Crippen LogP contribution < -0.4 is 0 Å². The molecule has 2 heterocycles. The molecule has 1 aliphatic rings. The number of furan rings is 1. The Labute approximate surface area is 318 Å². The first-order valence-electron chi connectivity index (χ1n) is 28.4. The number of rotatable bonds is 4. The average molecular weight is 648 g/mol. The normalized spacial score (nSPS) is 23.1. The number of benzene rings is 7. The van der Waals surface area contributed by atoms with Gasteiger partial charge in [-0.2, -0.15) is 0 Å². The van der Waals surface area contributed by atoms with E-state index in [0.717, 1.165) is 0 Å². The summed E-state index contributed by atoms with van der Waals surface area (Å²) in [5.74, 6) is -2.26. The zero-order valence-corrected chi connectivity index (χ0v) is 24.2. The average Bonchev–Trinajstić information content (AvgIpc) is 4.29. The molecule has 0 radical (unpaired) electrons. The highest BCUT2D eigenvalue weighted by Gasteiger charge is 2.41. The molecule has 9 aromatic rings. The maximum atomic E-state index is 9.97. The molecule has 0 N–H and O–H groups in total. The SMILES string of the molecule is [2H]c1c([2H])c([2H])c(C(c2c([2H])c([2H])c3c(oc4c([2H])c([2H])c([2H])c([2H])c43)c2[2H])c2c([2H])c([2H])c3c(sc4c([2H])c([2H])c([2H])c(C5(C([2H])([2H])[2H])c6c([2H])c([2H])c([2H])c([2H])c6-c6c([2H])c([2H])c([2H])c([2H])c65)c43)c2[2H])c([2H])c1[2H]. The standard InChI is InChI=1S/C45H30OS/c1-45(36-17-8-5-14-31(36)32-15-6-9-18-37(32)45)38-19-11-21-41-44(38)35-25-23-30(27-42(35)47-41)43(28-12-3-2-4-13-28)29-22-24-34-33-16-7-10-20-39(33)46-40(34)26-29/h2-27,43H,1H3/i1D3,2D,3D,4D,5D,6D,7D,8D,9D,10D,11D,12D,13D,14D,15D,16D,17D,18D,19D,20D,21D,22D,23D,24D,25D,26D,27D. The van der Waals surface area contributed by atoms with Crippen molar-refractivity contribution in [3.8, 4) is 11.1 Å². The fourth-order valence-corrected chi connectivity index (χ4v) is 7.15. The van der Waals surface area contributed by atoms with E-state index in [9.17, 15) is 17.8 Å². The molecular formula is C45H30OS. The molecule has 0 amide bonds. The molecule has 1 unspecified atom stereocenters. The lowest BCUT2D eigenvalue weighted by atomic mass is 9.73. The predicted octanol–water partition coefficient (Wildman–Crippen LogP) is 12.5. The van der Waals surface area contributed by atoms with Crippen molar-refractivity contribution in [2.24, 2.45) is 0 Å². The minimum Gasteiger partial charge on any atom is -0.456 e. The summed E-state index contributed by atoms with van der Waals surface area (Å²) in [6, 6.07) is -24.6. The predicted molar refractivity (Wildman–Crippen MR) is 198 cm³/mol. The van der Waals surface area contributed by atoms with Gasteiger partial charge in [0, 0.05) is 46.4 Å². The van der Waals surface area contributed by atoms with E-state index in [1.54, 1.807) is 0 Å². The molecule has 1 aliphatic carbocycles. The lowest BCUT2D eigenvalue weighted by Crippen LogP contribution is -2.22. The van der Waals surface area contributed by atoms with Gasteiger partial charge in [-0.05, 0) is 75.5 Å². The van der Waals surface area contributed by atoms with Gasteiger partial charge in [0.25, 0.3) is 0 Å². The molecule has 1 nitrogen and oxygen atoms in total. The summed E-state index contributed by atoms with van der Waals surface area (Å²) >= 11 is 0.402. The maximum Gasteiger partial charge on any atom is 0.135 e. The summed E-state index contributed by atoms with van der Waals surface area (Å²) in [6.45, 7) is -3.78. The van der Waals surface area contributed by atoms with Gasteiger partial charge < -0.3 is 4.42 Å². The smallest absolute Gasteiger partial charge is 0.135 e. The van der Waals surface area contributed by atoms with Crippen LogP contribution in [0.5, 0.6) is 0 Å². The van der Waals surface area contributed by atoms with Gasteiger partial charge in [-0.1, -0.05) is 133 Å². The van der Waals surface area contributed by atoms with Crippen LogP contribution in [0.1, 0.15) is 85.9 Å². The first-order chi connectivity index (χ1) is 35.3. The Bertz CT molecular complexity index is 4150. The van der Waals surface area contributed by atoms with Crippen LogP contribution in [0.15, 0.2) is 162 Å². The summed E-state index contributed by atoms with van der Waals surface area (Å²) in [4.78, 5) is 0. The van der Waals surface area contributed by atoms with Crippen LogP contribution >= 0.6 is 11.3 Å². The third-order valence-corrected chi connectivity index (χ3v) is 9.15. The second-order valence-corrected chi connectivity index (χ2v) is 11.6. The van der Waals surface area contributed by atoms with Crippen LogP contribution in [0.3, 0.4) is 0 Å². The molecule has 2 aromatic heterocycles. The second kappa shape index (κ2) is 10.0. The first kappa shape index (κ1) is 10.8. The Morgan fingerprint density at radius 2 is 1.17 bits per heavy atom. The molecule has 1 atom stereocenters. The van der Waals surface area contributed by atoms with Crippen LogP contribution in [0.2, 0.25) is 0 Å². The number of para-hydroxylation sites is 1. The molecule has 0 saturated carbocycles. The largest absolute Gasteiger partial charge is 0.456 e. The van der Waals surface area contributed by atoms with Crippen molar-refractivity contribution in [3.05, 3.63) is 190 Å². The third kappa shape index (κ3) is 3.83. The quantitative estimate of drug-likeness (QED) is 0.173. The van der Waals surface area contributed by atoms with E-state index in [-0.39, 0.29) is 0 Å². The molecule has 7 aromatic carbocycles. The van der Waals surface area contributed by atoms with Gasteiger partial charge >= 0.3 is 0 Å². The monoisotopic (exact) mass is 647 g/mol. The Morgan fingerprint density at radius 1 is 0.532 bits per heavy atom. The minimum absolute atomic E-state index is 0.402. The van der Waals surface area contributed by atoms with Crippen LogP contribution in [-0.2, 0) is 5.41 Å². The highest BCUT2D eigenvalue weighted by molar-refractivity contribution is 7.25. The summed E-state index contributed by atoms with van der Waals surface area (Å²) in [6.07, 6.45) is 0. The zero-order chi connectivity index (χ0) is 56.2. The molecule has 0 bridgehead atoms. The highest BCUT2D eigenvalue weighted by Crippen LogP contribution is 2.55. The topological polar surface area (TPSA) is 13.1 Å². The molecule has 0 aliphatic heterocycles. The van der Waals surface area contributed by atoms with E-state index in [2.05, 4.69) is 0 Å². The van der Waals surface area contributed by atoms with Gasteiger partial charge in [0.15, 0.2) is 0 Å². The molecule has 222 valence electrons. The lowest BCUT2D eigenvalue weighted by molar-refractivity contribution is 0.668. The van der Waals surface area contributed by atoms with Crippen molar-refractivity contribution < 1.29 is 44.2 Å². The highest BCUT2D eigenvalue weighted by atomic mass is 32.1. The Hall–Kier alpha value is -5.44. The molecule has 0 fully saturated rings. The third-order valence-electron chi connectivity index (χ3n) is 8.13. The van der Waals surface area contributed by atoms with Crippen LogP contribution in [-0.4, -0.2) is 0 Å². The Kier molecular flexibility index (Phi) is 2.30. The van der Waals surface area contributed by atoms with Gasteiger partial charge in [-0.3, -0.25) is 0 Å². The van der Waals surface area contributed by atoms with E-state index in [1.807, 2.05) is 0 Å². The summed E-state index contributed by atoms with van der Waals surface area (Å²) < 4.78 is 267. The Balaban J connectivity index is 1.44. The summed E-state index contributed by atoms with van der Waals surface area (Å²) in [5.41, 5.74) is -10.9. The molecule has 2 heteroatoms. The minimum atomic E-state index is -3.78. The number of hydrogen-bond acceptors (Lipinski definition) is 2. The molecule has 10 rings (SSSR count). The van der Waals surface area contributed by atoms with Gasteiger partial charge in [0.1, 0.15) is 11.2 Å². The van der Waals surface area contributed by atoms with Crippen molar-refractivity contribution >= 4 is 53.4 Å². The van der Waals surface area contributed by atoms with E-state index in [4.69, 9.17) is 26.3 Å². The van der Waals surface area contributed by atoms with Crippen molar-refractivity contribution in [1.82, 2.24) is 0 Å². The van der Waals surface area contributed by atoms with Gasteiger partial charge in [0.05, 0.1) is 35.6 Å². The molecule has 0 saturated heterocycles. The molecular weight excluding hydrogens is 589 g/mol. The zero-order valence-electron chi connectivity index (χ0n) is 52.4.